The molecule has 0 unspecified atom stereocenters. The van der Waals surface area contributed by atoms with Crippen LogP contribution in [0, 0.1) is 0 Å². The first kappa shape index (κ1) is 48.0. The van der Waals surface area contributed by atoms with Gasteiger partial charge in [-0.3, -0.25) is 0 Å². The molecule has 7 rings (SSSR count). The Morgan fingerprint density at radius 1 is 0.367 bits per heavy atom. The second-order valence-electron chi connectivity index (χ2n) is 23.1. The first-order chi connectivity index (χ1) is 27.7. The van der Waals surface area contributed by atoms with Crippen molar-refractivity contribution >= 4 is 92.5 Å². The van der Waals surface area contributed by atoms with Crippen LogP contribution in [0.25, 0.3) is 0 Å². The predicted octanol–water partition coefficient (Wildman–Crippen LogP) is 15.3. The normalized spacial score (nSPS) is 23.0. The summed E-state index contributed by atoms with van der Waals surface area (Å²) >= 11 is 18.9. The van der Waals surface area contributed by atoms with E-state index in [0.29, 0.717) is 0 Å². The van der Waals surface area contributed by atoms with Crippen LogP contribution in [-0.4, -0.2) is 10.6 Å². The summed E-state index contributed by atoms with van der Waals surface area (Å²) in [4.78, 5) is 0. The Morgan fingerprint density at radius 3 is 0.717 bits per heavy atom. The number of rotatable bonds is 12. The van der Waals surface area contributed by atoms with Gasteiger partial charge in [-0.15, -0.1) is 0 Å². The summed E-state index contributed by atoms with van der Waals surface area (Å²) in [5, 5.41) is 0.943. The molecule has 6 heteroatoms. The maximum Gasteiger partial charge on any atom is 0.260 e. The first-order valence-corrected chi connectivity index (χ1v) is 37.1. The smallest absolute Gasteiger partial charge is 0.0987 e. The zero-order valence-corrected chi connectivity index (χ0v) is 48.8. The molecule has 0 heterocycles. The van der Waals surface area contributed by atoms with Crippen molar-refractivity contribution in [2.45, 2.75) is 231 Å². The lowest BCUT2D eigenvalue weighted by Crippen LogP contribution is -2.57. The van der Waals surface area contributed by atoms with E-state index < -0.39 is 10.6 Å². The molecule has 330 valence electrons. The Labute approximate surface area is 401 Å². The Bertz CT molecular complexity index is 1900. The summed E-state index contributed by atoms with van der Waals surface area (Å²) in [5.74, 6) is 0. The van der Waals surface area contributed by atoms with E-state index in [1.807, 2.05) is 0 Å². The molecule has 0 aliphatic heterocycles. The van der Waals surface area contributed by atoms with Crippen molar-refractivity contribution < 1.29 is 0 Å². The largest absolute Gasteiger partial charge is 0.260 e. The minimum Gasteiger partial charge on any atom is -0.0987 e. The van der Waals surface area contributed by atoms with Crippen LogP contribution < -0.4 is 20.7 Å². The van der Waals surface area contributed by atoms with Crippen molar-refractivity contribution in [2.75, 3.05) is 0 Å². The summed E-state index contributed by atoms with van der Waals surface area (Å²) in [5.41, 5.74) is 14.5. The fourth-order valence-electron chi connectivity index (χ4n) is 15.0. The molecule has 0 radical (unpaired) electrons. The molecule has 0 N–H and O–H groups in total. The van der Waals surface area contributed by atoms with Crippen molar-refractivity contribution in [3.63, 3.8) is 0 Å². The second-order valence-corrected chi connectivity index (χ2v) is 48.2. The maximum atomic E-state index is 4.74. The molecule has 0 fully saturated rings. The Balaban J connectivity index is 1.50. The fourth-order valence-corrected chi connectivity index (χ4v) is 27.6. The molecule has 3 aromatic carbocycles. The van der Waals surface area contributed by atoms with Gasteiger partial charge in [0.15, 0.2) is 0 Å². The Morgan fingerprint density at radius 2 is 0.550 bits per heavy atom. The lowest BCUT2D eigenvalue weighted by atomic mass is 9.72. The van der Waals surface area contributed by atoms with Crippen LogP contribution in [0.15, 0.2) is 36.4 Å². The zero-order chi connectivity index (χ0) is 44.7. The van der Waals surface area contributed by atoms with Gasteiger partial charge in [-0.2, -0.15) is 0 Å². The third-order valence-electron chi connectivity index (χ3n) is 18.5. The lowest BCUT2D eigenvalue weighted by molar-refractivity contribution is 0.323. The van der Waals surface area contributed by atoms with Crippen LogP contribution in [-0.2, 0) is 43.3 Å². The maximum absolute atomic E-state index is 4.74. The summed E-state index contributed by atoms with van der Waals surface area (Å²) in [6, 6.07) is 15.6. The molecular formula is C54H78Br4Si2. The fraction of sp³-hybridized carbons (Fsp3) is 0.667. The van der Waals surface area contributed by atoms with Gasteiger partial charge in [0, 0.05) is 0 Å². The van der Waals surface area contributed by atoms with Gasteiger partial charge < -0.3 is 0 Å². The highest BCUT2D eigenvalue weighted by atomic mass is 79.9. The van der Waals surface area contributed by atoms with Gasteiger partial charge in [-0.1, -0.05) is 208 Å². The summed E-state index contributed by atoms with van der Waals surface area (Å²) in [7, 11) is 0. The number of benzene rings is 3. The van der Waals surface area contributed by atoms with Crippen LogP contribution in [0.5, 0.6) is 0 Å². The van der Waals surface area contributed by atoms with Crippen molar-refractivity contribution in [3.05, 3.63) is 80.9 Å². The van der Waals surface area contributed by atoms with E-state index in [4.69, 9.17) is 61.2 Å². The van der Waals surface area contributed by atoms with Crippen molar-refractivity contribution in [2.24, 2.45) is 0 Å². The van der Waals surface area contributed by atoms with Crippen LogP contribution in [0.4, 0.5) is 0 Å². The molecule has 4 aliphatic rings. The van der Waals surface area contributed by atoms with Gasteiger partial charge in [0.25, 0.3) is 10.6 Å². The highest BCUT2D eigenvalue weighted by Crippen LogP contribution is 2.62. The number of hydrogen-bond donors (Lipinski definition) is 0. The molecule has 60 heavy (non-hydrogen) atoms. The van der Waals surface area contributed by atoms with Crippen molar-refractivity contribution in [3.8, 4) is 0 Å². The molecular weight excluding hydrogens is 1020 g/mol. The monoisotopic (exact) mass is 1100 g/mol. The average Bonchev–Trinajstić information content (AvgIpc) is 3.79. The van der Waals surface area contributed by atoms with Gasteiger partial charge in [0.05, 0.1) is 0 Å². The number of hydrogen-bond acceptors (Lipinski definition) is 0. The van der Waals surface area contributed by atoms with Crippen LogP contribution in [0.3, 0.4) is 0 Å². The Kier molecular flexibility index (Phi) is 12.2. The second kappa shape index (κ2) is 15.3. The first-order valence-electron chi connectivity index (χ1n) is 24.0. The molecule has 0 saturated carbocycles. The van der Waals surface area contributed by atoms with Gasteiger partial charge in [-0.05, 0) is 186 Å². The zero-order valence-electron chi connectivity index (χ0n) is 40.5. The predicted molar refractivity (Wildman–Crippen MR) is 285 cm³/mol. The van der Waals surface area contributed by atoms with E-state index >= 15 is 0 Å². The van der Waals surface area contributed by atoms with Crippen LogP contribution >= 0.6 is 61.2 Å². The molecule has 4 aliphatic carbocycles. The lowest BCUT2D eigenvalue weighted by Gasteiger charge is -2.39. The number of fused-ring (bicyclic) bond motifs is 4. The van der Waals surface area contributed by atoms with Gasteiger partial charge in [0.2, 0.25) is 0 Å². The van der Waals surface area contributed by atoms with Crippen molar-refractivity contribution in [1.29, 1.82) is 0 Å². The van der Waals surface area contributed by atoms with E-state index in [1.54, 1.807) is 54.9 Å². The molecule has 0 bridgehead atoms. The molecule has 0 spiro atoms. The molecule has 0 nitrogen and oxygen atoms in total. The minimum absolute atomic E-state index is 0.133. The highest BCUT2D eigenvalue weighted by Gasteiger charge is 2.59. The third kappa shape index (κ3) is 6.52. The van der Waals surface area contributed by atoms with Gasteiger partial charge >= 0.3 is 0 Å². The average molecular weight is 1100 g/mol. The third-order valence-corrected chi connectivity index (χ3v) is 33.1. The summed E-state index contributed by atoms with van der Waals surface area (Å²) < 4.78 is 0. The highest BCUT2D eigenvalue weighted by molar-refractivity contribution is 9.52. The van der Waals surface area contributed by atoms with E-state index in [9.17, 15) is 0 Å². The topological polar surface area (TPSA) is 0 Å². The van der Waals surface area contributed by atoms with Crippen molar-refractivity contribution in [1.82, 2.24) is 0 Å². The summed E-state index contributed by atoms with van der Waals surface area (Å²) in [6.07, 6.45) is 14.3. The molecule has 0 aromatic heterocycles. The quantitative estimate of drug-likeness (QED) is 0.125. The molecule has 3 aromatic rings. The van der Waals surface area contributed by atoms with Gasteiger partial charge in [-0.25, -0.2) is 0 Å². The van der Waals surface area contributed by atoms with E-state index in [-0.39, 0.29) is 43.3 Å². The molecule has 0 saturated heterocycles. The van der Waals surface area contributed by atoms with E-state index in [0.717, 1.165) is 0 Å². The Hall–Kier alpha value is 0.0138. The van der Waals surface area contributed by atoms with E-state index in [1.165, 1.54) is 87.4 Å². The summed E-state index contributed by atoms with van der Waals surface area (Å²) in [6.45, 7) is 40.1. The molecule has 0 atom stereocenters. The molecule has 0 amide bonds. The van der Waals surface area contributed by atoms with Crippen LogP contribution in [0.1, 0.15) is 232 Å². The SMILES string of the molecule is CCC1(CC)CC(C)(C)c2cc3c(c([Si](Br)(Br)c4ccc([Si](Br)(Br)c5c6c(cc7c5C(CC)(CC)CC7(C)C)C(C)(C)CC6(CC)CC)cc4)c21)C(CC)(CC)CC3(C)C. The standard InChI is InChI=1S/C54H78Br4Si2/c1-17-51(18-2)31-47(9,10)37-29-38-42(52(19-3,20-4)32-48(38,11)12)45(41(37)51)59(55,56)35-25-27-36(28-26-35)60(57,58)46-43-39(49(13,14)33-53(43,21-5)22-6)30-40-44(46)54(23-7,24-8)34-50(40,15)16/h25-30H,17-24,31-34H2,1-16H3. The number of halogens is 4. The van der Waals surface area contributed by atoms with E-state index in [2.05, 4.69) is 147 Å². The van der Waals surface area contributed by atoms with Crippen LogP contribution in [0.2, 0.25) is 0 Å². The van der Waals surface area contributed by atoms with Gasteiger partial charge in [0.1, 0.15) is 0 Å². The minimum atomic E-state index is -2.63.